The number of benzene rings is 1. The molecule has 1 atom stereocenters. The Morgan fingerprint density at radius 1 is 1.47 bits per heavy atom. The number of hydrogen-bond acceptors (Lipinski definition) is 3. The highest BCUT2D eigenvalue weighted by atomic mass is 35.5. The van der Waals surface area contributed by atoms with Crippen LogP contribution in [-0.2, 0) is 11.3 Å². The quantitative estimate of drug-likeness (QED) is 0.842. The highest BCUT2D eigenvalue weighted by molar-refractivity contribution is 6.31. The summed E-state index contributed by atoms with van der Waals surface area (Å²) >= 11 is 6.23. The normalized spacial score (nSPS) is 20.6. The van der Waals surface area contributed by atoms with Crippen molar-refractivity contribution in [2.75, 3.05) is 25.4 Å². The number of nitrogens with two attached hydrogens (primary N) is 1. The lowest BCUT2D eigenvalue weighted by Gasteiger charge is -2.33. The fourth-order valence-electron chi connectivity index (χ4n) is 2.54. The van der Waals surface area contributed by atoms with Gasteiger partial charge in [0.15, 0.2) is 0 Å². The molecule has 106 valence electrons. The van der Waals surface area contributed by atoms with Crippen molar-refractivity contribution >= 4 is 17.3 Å². The Labute approximate surface area is 120 Å². The van der Waals surface area contributed by atoms with Gasteiger partial charge in [0.2, 0.25) is 0 Å². The molecule has 3 nitrogen and oxygen atoms in total. The minimum atomic E-state index is 0.359. The van der Waals surface area contributed by atoms with E-state index < -0.39 is 0 Å². The van der Waals surface area contributed by atoms with E-state index >= 15 is 0 Å². The van der Waals surface area contributed by atoms with Crippen molar-refractivity contribution in [3.8, 4) is 0 Å². The smallest absolute Gasteiger partial charge is 0.0702 e. The molecule has 0 aliphatic carbocycles. The van der Waals surface area contributed by atoms with Crippen molar-refractivity contribution < 1.29 is 4.74 Å². The van der Waals surface area contributed by atoms with Gasteiger partial charge in [-0.3, -0.25) is 4.90 Å². The summed E-state index contributed by atoms with van der Waals surface area (Å²) in [7, 11) is 0. The minimum Gasteiger partial charge on any atom is -0.398 e. The van der Waals surface area contributed by atoms with Gasteiger partial charge in [-0.2, -0.15) is 0 Å². The molecule has 0 aromatic heterocycles. The first kappa shape index (κ1) is 14.6. The van der Waals surface area contributed by atoms with Gasteiger partial charge in [-0.1, -0.05) is 24.6 Å². The number of halogens is 1. The zero-order valence-electron chi connectivity index (χ0n) is 11.6. The first-order valence-electron chi connectivity index (χ1n) is 7.07. The average molecular weight is 283 g/mol. The number of anilines is 1. The number of nitrogens with zero attached hydrogens (tertiary/aromatic N) is 1. The lowest BCUT2D eigenvalue weighted by Crippen LogP contribution is -2.39. The van der Waals surface area contributed by atoms with Crippen LogP contribution in [0.25, 0.3) is 0 Å². The van der Waals surface area contributed by atoms with Crippen LogP contribution < -0.4 is 5.73 Å². The maximum absolute atomic E-state index is 6.23. The Bertz CT molecular complexity index is 391. The molecule has 4 heteroatoms. The SMILES string of the molecule is CCCOC1CCCN(Cc2c(N)cccc2Cl)C1. The highest BCUT2D eigenvalue weighted by Crippen LogP contribution is 2.25. The van der Waals surface area contributed by atoms with E-state index in [1.54, 1.807) is 0 Å². The maximum Gasteiger partial charge on any atom is 0.0702 e. The van der Waals surface area contributed by atoms with Crippen molar-refractivity contribution in [2.24, 2.45) is 0 Å². The molecule has 2 rings (SSSR count). The topological polar surface area (TPSA) is 38.5 Å². The van der Waals surface area contributed by atoms with Crippen LogP contribution in [0.4, 0.5) is 5.69 Å². The number of ether oxygens (including phenoxy) is 1. The van der Waals surface area contributed by atoms with Crippen LogP contribution in [0.15, 0.2) is 18.2 Å². The molecule has 1 aromatic carbocycles. The fraction of sp³-hybridized carbons (Fsp3) is 0.600. The van der Waals surface area contributed by atoms with Gasteiger partial charge >= 0.3 is 0 Å². The summed E-state index contributed by atoms with van der Waals surface area (Å²) in [5.41, 5.74) is 7.83. The molecular formula is C15H23ClN2O. The van der Waals surface area contributed by atoms with Crippen molar-refractivity contribution in [3.05, 3.63) is 28.8 Å². The van der Waals surface area contributed by atoms with Crippen LogP contribution in [-0.4, -0.2) is 30.7 Å². The second-order valence-corrected chi connectivity index (χ2v) is 5.58. The van der Waals surface area contributed by atoms with E-state index in [1.165, 1.54) is 6.42 Å². The Balaban J connectivity index is 1.95. The predicted molar refractivity (Wildman–Crippen MR) is 80.4 cm³/mol. The van der Waals surface area contributed by atoms with Gasteiger partial charge in [0.25, 0.3) is 0 Å². The molecule has 1 fully saturated rings. The van der Waals surface area contributed by atoms with Crippen LogP contribution >= 0.6 is 11.6 Å². The molecule has 1 aromatic rings. The Morgan fingerprint density at radius 3 is 3.05 bits per heavy atom. The van der Waals surface area contributed by atoms with Gasteiger partial charge in [0.05, 0.1) is 6.10 Å². The Morgan fingerprint density at radius 2 is 2.32 bits per heavy atom. The number of nitrogen functional groups attached to an aromatic ring is 1. The van der Waals surface area contributed by atoms with Crippen molar-refractivity contribution in [2.45, 2.75) is 38.8 Å². The summed E-state index contributed by atoms with van der Waals surface area (Å²) in [4.78, 5) is 2.39. The van der Waals surface area contributed by atoms with E-state index in [0.29, 0.717) is 6.10 Å². The van der Waals surface area contributed by atoms with Crippen molar-refractivity contribution in [3.63, 3.8) is 0 Å². The van der Waals surface area contributed by atoms with Gasteiger partial charge in [-0.05, 0) is 37.9 Å². The summed E-state index contributed by atoms with van der Waals surface area (Å²) in [5.74, 6) is 0. The molecule has 0 saturated carbocycles. The maximum atomic E-state index is 6.23. The van der Waals surface area contributed by atoms with Gasteiger partial charge in [-0.15, -0.1) is 0 Å². The summed E-state index contributed by atoms with van der Waals surface area (Å²) < 4.78 is 5.85. The van der Waals surface area contributed by atoms with Crippen LogP contribution in [0.1, 0.15) is 31.7 Å². The molecule has 1 unspecified atom stereocenters. The molecule has 19 heavy (non-hydrogen) atoms. The molecule has 1 aliphatic rings. The van der Waals surface area contributed by atoms with Crippen LogP contribution in [0, 0.1) is 0 Å². The van der Waals surface area contributed by atoms with Crippen molar-refractivity contribution in [1.29, 1.82) is 0 Å². The van der Waals surface area contributed by atoms with Crippen LogP contribution in [0.3, 0.4) is 0 Å². The summed E-state index contributed by atoms with van der Waals surface area (Å²) in [6, 6.07) is 5.71. The van der Waals surface area contributed by atoms with E-state index in [9.17, 15) is 0 Å². The third-order valence-corrected chi connectivity index (χ3v) is 3.91. The molecule has 0 spiro atoms. The van der Waals surface area contributed by atoms with E-state index in [1.807, 2.05) is 18.2 Å². The largest absolute Gasteiger partial charge is 0.398 e. The van der Waals surface area contributed by atoms with E-state index in [4.69, 9.17) is 22.1 Å². The minimum absolute atomic E-state index is 0.359. The number of likely N-dealkylation sites (tertiary alicyclic amines) is 1. The van der Waals surface area contributed by atoms with Gasteiger partial charge < -0.3 is 10.5 Å². The molecule has 2 N–H and O–H groups in total. The number of hydrogen-bond donors (Lipinski definition) is 1. The highest BCUT2D eigenvalue weighted by Gasteiger charge is 2.21. The van der Waals surface area contributed by atoms with E-state index in [0.717, 1.165) is 55.4 Å². The zero-order chi connectivity index (χ0) is 13.7. The molecule has 1 heterocycles. The standard InChI is InChI=1S/C15H23ClN2O/c1-2-9-19-12-5-4-8-18(10-12)11-13-14(16)6-3-7-15(13)17/h3,6-7,12H,2,4-5,8-11,17H2,1H3. The van der Waals surface area contributed by atoms with Gasteiger partial charge in [0, 0.05) is 36.0 Å². The third kappa shape index (κ3) is 4.10. The van der Waals surface area contributed by atoms with Crippen LogP contribution in [0.5, 0.6) is 0 Å². The lowest BCUT2D eigenvalue weighted by molar-refractivity contribution is -0.00217. The van der Waals surface area contributed by atoms with Crippen LogP contribution in [0.2, 0.25) is 5.02 Å². The third-order valence-electron chi connectivity index (χ3n) is 3.56. The second kappa shape index (κ2) is 7.13. The molecule has 1 saturated heterocycles. The van der Waals surface area contributed by atoms with E-state index in [2.05, 4.69) is 11.8 Å². The first-order chi connectivity index (χ1) is 9.20. The molecule has 0 amide bonds. The number of rotatable bonds is 5. The van der Waals surface area contributed by atoms with Gasteiger partial charge in [0.1, 0.15) is 0 Å². The Kier molecular flexibility index (Phi) is 5.49. The molecule has 1 aliphatic heterocycles. The first-order valence-corrected chi connectivity index (χ1v) is 7.45. The monoisotopic (exact) mass is 282 g/mol. The average Bonchev–Trinajstić information content (AvgIpc) is 2.41. The second-order valence-electron chi connectivity index (χ2n) is 5.18. The van der Waals surface area contributed by atoms with Gasteiger partial charge in [-0.25, -0.2) is 0 Å². The molecular weight excluding hydrogens is 260 g/mol. The lowest BCUT2D eigenvalue weighted by atomic mass is 10.1. The molecule has 0 bridgehead atoms. The van der Waals surface area contributed by atoms with E-state index in [-0.39, 0.29) is 0 Å². The molecule has 0 radical (unpaired) electrons. The summed E-state index contributed by atoms with van der Waals surface area (Å²) in [5, 5.41) is 0.761. The zero-order valence-corrected chi connectivity index (χ0v) is 12.3. The summed E-state index contributed by atoms with van der Waals surface area (Å²) in [6.45, 7) is 5.89. The van der Waals surface area contributed by atoms with Crippen molar-refractivity contribution in [1.82, 2.24) is 4.90 Å². The Hall–Kier alpha value is -0.770. The summed E-state index contributed by atoms with van der Waals surface area (Å²) in [6.07, 6.45) is 3.78. The fourth-order valence-corrected chi connectivity index (χ4v) is 2.78. The predicted octanol–water partition coefficient (Wildman–Crippen LogP) is 3.31. The number of piperidine rings is 1.